The third kappa shape index (κ3) is 2.91. The molecule has 1 aromatic heterocycles. The second kappa shape index (κ2) is 5.37. The monoisotopic (exact) mass is 203 g/mol. The van der Waals surface area contributed by atoms with Crippen molar-refractivity contribution in [2.45, 2.75) is 6.92 Å². The van der Waals surface area contributed by atoms with Crippen LogP contribution in [-0.2, 0) is 0 Å². The number of pyridine rings is 1. The largest absolute Gasteiger partial charge is 0.491 e. The van der Waals surface area contributed by atoms with Crippen LogP contribution in [0.25, 0.3) is 0 Å². The summed E-state index contributed by atoms with van der Waals surface area (Å²) >= 11 is 0. The Balaban J connectivity index is 0.00000144. The van der Waals surface area contributed by atoms with Crippen molar-refractivity contribution < 1.29 is 14.6 Å². The highest BCUT2D eigenvalue weighted by Gasteiger charge is 2.10. The number of carboxylic acids is 1. The first-order valence-corrected chi connectivity index (χ1v) is 3.56. The number of rotatable bonds is 3. The average Bonchev–Trinajstić information content (AvgIpc) is 2.05. The van der Waals surface area contributed by atoms with Crippen LogP contribution in [0.1, 0.15) is 17.4 Å². The van der Waals surface area contributed by atoms with Gasteiger partial charge in [-0.05, 0) is 19.1 Å². The first-order valence-electron chi connectivity index (χ1n) is 3.56. The van der Waals surface area contributed by atoms with Crippen LogP contribution in [0.15, 0.2) is 18.3 Å². The Bertz CT molecular complexity index is 290. The number of aromatic carboxylic acids is 1. The van der Waals surface area contributed by atoms with E-state index >= 15 is 0 Å². The van der Waals surface area contributed by atoms with Gasteiger partial charge in [-0.1, -0.05) is 0 Å². The molecule has 0 saturated heterocycles. The van der Waals surface area contributed by atoms with Crippen molar-refractivity contribution in [2.24, 2.45) is 0 Å². The minimum Gasteiger partial charge on any atom is -0.491 e. The maximum absolute atomic E-state index is 10.6. The molecule has 0 atom stereocenters. The lowest BCUT2D eigenvalue weighted by molar-refractivity contribution is 0.0685. The number of hydrogen-bond donors (Lipinski definition) is 1. The van der Waals surface area contributed by atoms with Crippen molar-refractivity contribution in [1.82, 2.24) is 4.98 Å². The molecule has 0 fully saturated rings. The highest BCUT2D eigenvalue weighted by atomic mass is 35.5. The quantitative estimate of drug-likeness (QED) is 0.811. The summed E-state index contributed by atoms with van der Waals surface area (Å²) in [5.74, 6) is -0.758. The van der Waals surface area contributed by atoms with Gasteiger partial charge in [-0.25, -0.2) is 9.78 Å². The fourth-order valence-corrected chi connectivity index (χ4v) is 0.823. The van der Waals surface area contributed by atoms with Crippen LogP contribution >= 0.6 is 12.4 Å². The maximum atomic E-state index is 10.6. The number of carbonyl (C=O) groups is 1. The number of ether oxygens (including phenoxy) is 1. The van der Waals surface area contributed by atoms with E-state index in [0.717, 1.165) is 0 Å². The van der Waals surface area contributed by atoms with Crippen molar-refractivity contribution in [2.75, 3.05) is 6.61 Å². The van der Waals surface area contributed by atoms with Crippen LogP contribution in [0, 0.1) is 0 Å². The van der Waals surface area contributed by atoms with Crippen molar-refractivity contribution in [1.29, 1.82) is 0 Å². The highest BCUT2D eigenvalue weighted by Crippen LogP contribution is 2.14. The van der Waals surface area contributed by atoms with Crippen molar-refractivity contribution in [3.63, 3.8) is 0 Å². The van der Waals surface area contributed by atoms with Crippen LogP contribution in [-0.4, -0.2) is 22.7 Å². The minimum atomic E-state index is -1.07. The molecule has 0 radical (unpaired) electrons. The summed E-state index contributed by atoms with van der Waals surface area (Å²) in [7, 11) is 0. The molecule has 0 saturated carbocycles. The number of nitrogens with zero attached hydrogens (tertiary/aromatic N) is 1. The third-order valence-corrected chi connectivity index (χ3v) is 1.27. The topological polar surface area (TPSA) is 59.4 Å². The predicted octanol–water partition coefficient (Wildman–Crippen LogP) is 1.60. The maximum Gasteiger partial charge on any atom is 0.358 e. The minimum absolute atomic E-state index is 0. The SMILES string of the molecule is CCOc1cccnc1C(=O)O.Cl. The van der Waals surface area contributed by atoms with Gasteiger partial charge in [-0.15, -0.1) is 12.4 Å². The molecule has 0 aliphatic carbocycles. The molecule has 0 aliphatic heterocycles. The Morgan fingerprint density at radius 1 is 1.69 bits per heavy atom. The first-order chi connectivity index (χ1) is 5.75. The predicted molar refractivity (Wildman–Crippen MR) is 49.6 cm³/mol. The first kappa shape index (κ1) is 11.7. The summed E-state index contributed by atoms with van der Waals surface area (Å²) in [6.07, 6.45) is 1.42. The second-order valence-electron chi connectivity index (χ2n) is 2.09. The molecular weight excluding hydrogens is 194 g/mol. The van der Waals surface area contributed by atoms with Gasteiger partial charge in [-0.3, -0.25) is 0 Å². The summed E-state index contributed by atoms with van der Waals surface area (Å²) in [6, 6.07) is 3.22. The lowest BCUT2D eigenvalue weighted by atomic mass is 10.3. The zero-order valence-corrected chi connectivity index (χ0v) is 7.87. The van der Waals surface area contributed by atoms with Crippen LogP contribution in [0.5, 0.6) is 5.75 Å². The number of hydrogen-bond acceptors (Lipinski definition) is 3. The van der Waals surface area contributed by atoms with E-state index in [-0.39, 0.29) is 18.1 Å². The molecule has 1 rings (SSSR count). The summed E-state index contributed by atoms with van der Waals surface area (Å²) < 4.78 is 5.05. The van der Waals surface area contributed by atoms with Gasteiger partial charge < -0.3 is 9.84 Å². The summed E-state index contributed by atoms with van der Waals surface area (Å²) in [6.45, 7) is 2.23. The van der Waals surface area contributed by atoms with Gasteiger partial charge >= 0.3 is 5.97 Å². The molecule has 0 aromatic carbocycles. The van der Waals surface area contributed by atoms with E-state index in [2.05, 4.69) is 4.98 Å². The van der Waals surface area contributed by atoms with Crippen molar-refractivity contribution in [3.05, 3.63) is 24.0 Å². The fraction of sp³-hybridized carbons (Fsp3) is 0.250. The zero-order valence-electron chi connectivity index (χ0n) is 7.06. The summed E-state index contributed by atoms with van der Waals surface area (Å²) in [4.78, 5) is 14.2. The normalized spacial score (nSPS) is 8.69. The molecule has 0 aliphatic rings. The summed E-state index contributed by atoms with van der Waals surface area (Å²) in [5.41, 5.74) is -0.0423. The Kier molecular flexibility index (Phi) is 4.84. The Labute approximate surface area is 82.0 Å². The number of carboxylic acid groups (broad SMARTS) is 1. The molecule has 0 spiro atoms. The Morgan fingerprint density at radius 2 is 2.38 bits per heavy atom. The Morgan fingerprint density at radius 3 is 2.92 bits per heavy atom. The smallest absolute Gasteiger partial charge is 0.358 e. The van der Waals surface area contributed by atoms with Crippen molar-refractivity contribution >= 4 is 18.4 Å². The van der Waals surface area contributed by atoms with Crippen molar-refractivity contribution in [3.8, 4) is 5.75 Å². The van der Waals surface area contributed by atoms with E-state index in [1.165, 1.54) is 6.20 Å². The number of aromatic nitrogens is 1. The number of halogens is 1. The molecule has 4 nitrogen and oxygen atoms in total. The van der Waals surface area contributed by atoms with Crippen LogP contribution in [0.4, 0.5) is 0 Å². The Hall–Kier alpha value is -1.29. The molecule has 0 bridgehead atoms. The molecular formula is C8H10ClNO3. The van der Waals surface area contributed by atoms with Crippen LogP contribution in [0.3, 0.4) is 0 Å². The van der Waals surface area contributed by atoms with E-state index in [1.54, 1.807) is 19.1 Å². The summed E-state index contributed by atoms with van der Waals surface area (Å²) in [5, 5.41) is 8.65. The standard InChI is InChI=1S/C8H9NO3.ClH/c1-2-12-6-4-3-5-9-7(6)8(10)11;/h3-5H,2H2,1H3,(H,10,11);1H. The molecule has 1 N–H and O–H groups in total. The lowest BCUT2D eigenvalue weighted by Gasteiger charge is -2.04. The zero-order chi connectivity index (χ0) is 8.97. The average molecular weight is 204 g/mol. The van der Waals surface area contributed by atoms with E-state index in [4.69, 9.17) is 9.84 Å². The van der Waals surface area contributed by atoms with Gasteiger partial charge in [-0.2, -0.15) is 0 Å². The van der Waals surface area contributed by atoms with Gasteiger partial charge in [0.2, 0.25) is 0 Å². The van der Waals surface area contributed by atoms with Gasteiger partial charge in [0.25, 0.3) is 0 Å². The van der Waals surface area contributed by atoms with E-state index in [9.17, 15) is 4.79 Å². The lowest BCUT2D eigenvalue weighted by Crippen LogP contribution is -2.04. The molecule has 72 valence electrons. The second-order valence-corrected chi connectivity index (χ2v) is 2.09. The molecule has 13 heavy (non-hydrogen) atoms. The van der Waals surface area contributed by atoms with Gasteiger partial charge in [0, 0.05) is 6.20 Å². The van der Waals surface area contributed by atoms with E-state index < -0.39 is 5.97 Å². The molecule has 0 amide bonds. The molecule has 5 heteroatoms. The van der Waals surface area contributed by atoms with Gasteiger partial charge in [0.05, 0.1) is 6.61 Å². The fourth-order valence-electron chi connectivity index (χ4n) is 0.823. The van der Waals surface area contributed by atoms with E-state index in [1.807, 2.05) is 0 Å². The molecule has 1 heterocycles. The van der Waals surface area contributed by atoms with E-state index in [0.29, 0.717) is 12.4 Å². The van der Waals surface area contributed by atoms with Crippen LogP contribution in [0.2, 0.25) is 0 Å². The molecule has 1 aromatic rings. The third-order valence-electron chi connectivity index (χ3n) is 1.27. The van der Waals surface area contributed by atoms with Crippen LogP contribution < -0.4 is 4.74 Å². The molecule has 0 unspecified atom stereocenters. The van der Waals surface area contributed by atoms with Gasteiger partial charge in [0.1, 0.15) is 0 Å². The van der Waals surface area contributed by atoms with Gasteiger partial charge in [0.15, 0.2) is 11.4 Å². The highest BCUT2D eigenvalue weighted by molar-refractivity contribution is 5.88.